The third-order valence-corrected chi connectivity index (χ3v) is 3.42. The number of morpholine rings is 1. The van der Waals surface area contributed by atoms with Crippen molar-refractivity contribution in [1.29, 1.82) is 0 Å². The molecular weight excluding hydrogens is 193 g/mol. The van der Waals surface area contributed by atoms with Crippen LogP contribution >= 0.6 is 0 Å². The van der Waals surface area contributed by atoms with Crippen LogP contribution in [0.2, 0.25) is 0 Å². The van der Waals surface area contributed by atoms with E-state index in [4.69, 9.17) is 4.74 Å². The van der Waals surface area contributed by atoms with Gasteiger partial charge in [-0.3, -0.25) is 0 Å². The third kappa shape index (κ3) is 1.38. The Hall–Kier alpha value is -0.930. The molecule has 15 heavy (non-hydrogen) atoms. The molecular formula is C12H14FNO. The van der Waals surface area contributed by atoms with E-state index in [1.54, 1.807) is 6.07 Å². The second-order valence-electron chi connectivity index (χ2n) is 4.32. The Kier molecular flexibility index (Phi) is 2.04. The molecule has 1 aliphatic heterocycles. The van der Waals surface area contributed by atoms with Crippen LogP contribution in [0.25, 0.3) is 0 Å². The van der Waals surface area contributed by atoms with Crippen LogP contribution < -0.4 is 5.32 Å². The molecule has 1 aromatic carbocycles. The summed E-state index contributed by atoms with van der Waals surface area (Å²) in [7, 11) is 0. The lowest BCUT2D eigenvalue weighted by atomic mass is 9.94. The molecule has 1 unspecified atom stereocenters. The van der Waals surface area contributed by atoms with Crippen LogP contribution in [-0.2, 0) is 16.8 Å². The summed E-state index contributed by atoms with van der Waals surface area (Å²) in [4.78, 5) is 0. The lowest BCUT2D eigenvalue weighted by Gasteiger charge is -2.35. The average Bonchev–Trinajstić information content (AvgIpc) is 2.58. The van der Waals surface area contributed by atoms with Crippen LogP contribution in [0.4, 0.5) is 4.39 Å². The number of ether oxygens (including phenoxy) is 1. The molecule has 0 bridgehead atoms. The maximum absolute atomic E-state index is 13.1. The highest BCUT2D eigenvalue weighted by Crippen LogP contribution is 2.40. The van der Waals surface area contributed by atoms with Gasteiger partial charge in [0.25, 0.3) is 0 Å². The zero-order chi connectivity index (χ0) is 10.3. The predicted molar refractivity (Wildman–Crippen MR) is 55.2 cm³/mol. The molecule has 1 saturated heterocycles. The molecule has 2 aliphatic rings. The molecule has 0 amide bonds. The van der Waals surface area contributed by atoms with E-state index >= 15 is 0 Å². The molecule has 0 aromatic heterocycles. The lowest BCUT2D eigenvalue weighted by molar-refractivity contribution is -0.0695. The van der Waals surface area contributed by atoms with E-state index in [9.17, 15) is 4.39 Å². The standard InChI is InChI=1S/C12H14FNO/c13-10-1-2-11-9(7-10)3-4-12(11)8-14-5-6-15-12/h1-2,7,14H,3-6,8H2. The Morgan fingerprint density at radius 3 is 3.13 bits per heavy atom. The second kappa shape index (κ2) is 3.29. The molecule has 2 nitrogen and oxygen atoms in total. The van der Waals surface area contributed by atoms with Gasteiger partial charge in [0, 0.05) is 13.1 Å². The molecule has 80 valence electrons. The fourth-order valence-corrected chi connectivity index (χ4v) is 2.68. The maximum Gasteiger partial charge on any atom is 0.123 e. The second-order valence-corrected chi connectivity index (χ2v) is 4.32. The van der Waals surface area contributed by atoms with Crippen molar-refractivity contribution in [1.82, 2.24) is 5.32 Å². The molecule has 0 saturated carbocycles. The van der Waals surface area contributed by atoms with Gasteiger partial charge in [0.15, 0.2) is 0 Å². The summed E-state index contributed by atoms with van der Waals surface area (Å²) in [5, 5.41) is 3.35. The van der Waals surface area contributed by atoms with Gasteiger partial charge in [0.2, 0.25) is 0 Å². The summed E-state index contributed by atoms with van der Waals surface area (Å²) in [5.41, 5.74) is 2.11. The minimum absolute atomic E-state index is 0.144. The minimum Gasteiger partial charge on any atom is -0.368 e. The van der Waals surface area contributed by atoms with Crippen LogP contribution in [0.15, 0.2) is 18.2 Å². The number of benzene rings is 1. The third-order valence-electron chi connectivity index (χ3n) is 3.42. The van der Waals surface area contributed by atoms with Crippen molar-refractivity contribution in [2.75, 3.05) is 19.7 Å². The molecule has 1 aromatic rings. The normalized spacial score (nSPS) is 29.4. The Balaban J connectivity index is 2.03. The number of halogens is 1. The molecule has 1 heterocycles. The number of aryl methyl sites for hydroxylation is 1. The summed E-state index contributed by atoms with van der Waals surface area (Å²) in [6, 6.07) is 5.05. The first-order valence-electron chi connectivity index (χ1n) is 5.44. The molecule has 1 spiro atoms. The van der Waals surface area contributed by atoms with Crippen LogP contribution in [0, 0.1) is 5.82 Å². The van der Waals surface area contributed by atoms with Gasteiger partial charge >= 0.3 is 0 Å². The smallest absolute Gasteiger partial charge is 0.123 e. The molecule has 3 heteroatoms. The SMILES string of the molecule is Fc1ccc2c(c1)CCC21CNCCO1. The van der Waals surface area contributed by atoms with Crippen molar-refractivity contribution in [3.05, 3.63) is 35.1 Å². The summed E-state index contributed by atoms with van der Waals surface area (Å²) >= 11 is 0. The fourth-order valence-electron chi connectivity index (χ4n) is 2.68. The Labute approximate surface area is 88.4 Å². The quantitative estimate of drug-likeness (QED) is 0.697. The van der Waals surface area contributed by atoms with Crippen molar-refractivity contribution >= 4 is 0 Å². The number of rotatable bonds is 0. The first kappa shape index (κ1) is 9.31. The summed E-state index contributed by atoms with van der Waals surface area (Å²) in [6.07, 6.45) is 1.90. The zero-order valence-electron chi connectivity index (χ0n) is 8.55. The highest BCUT2D eigenvalue weighted by molar-refractivity contribution is 5.38. The van der Waals surface area contributed by atoms with Crippen LogP contribution in [0.3, 0.4) is 0 Å². The first-order chi connectivity index (χ1) is 7.30. The maximum atomic E-state index is 13.1. The van der Waals surface area contributed by atoms with Crippen molar-refractivity contribution in [3.63, 3.8) is 0 Å². The van der Waals surface area contributed by atoms with Gasteiger partial charge in [-0.05, 0) is 36.1 Å². The van der Waals surface area contributed by atoms with Gasteiger partial charge in [-0.2, -0.15) is 0 Å². The van der Waals surface area contributed by atoms with Crippen LogP contribution in [-0.4, -0.2) is 19.7 Å². The van der Waals surface area contributed by atoms with E-state index < -0.39 is 0 Å². The van der Waals surface area contributed by atoms with Gasteiger partial charge < -0.3 is 10.1 Å². The Morgan fingerprint density at radius 2 is 2.33 bits per heavy atom. The van der Waals surface area contributed by atoms with E-state index in [1.807, 2.05) is 6.07 Å². The van der Waals surface area contributed by atoms with E-state index in [1.165, 1.54) is 11.6 Å². The number of nitrogens with one attached hydrogen (secondary N) is 1. The van der Waals surface area contributed by atoms with Crippen molar-refractivity contribution in [3.8, 4) is 0 Å². The highest BCUT2D eigenvalue weighted by Gasteiger charge is 2.40. The predicted octanol–water partition coefficient (Wildman–Crippen LogP) is 1.59. The fraction of sp³-hybridized carbons (Fsp3) is 0.500. The van der Waals surface area contributed by atoms with Crippen molar-refractivity contribution < 1.29 is 9.13 Å². The van der Waals surface area contributed by atoms with E-state index in [0.29, 0.717) is 0 Å². The molecule has 1 N–H and O–H groups in total. The van der Waals surface area contributed by atoms with Crippen molar-refractivity contribution in [2.45, 2.75) is 18.4 Å². The van der Waals surface area contributed by atoms with Gasteiger partial charge in [-0.15, -0.1) is 0 Å². The Bertz CT molecular complexity index is 385. The molecule has 1 fully saturated rings. The number of hydrogen-bond acceptors (Lipinski definition) is 2. The first-order valence-corrected chi connectivity index (χ1v) is 5.44. The summed E-state index contributed by atoms with van der Waals surface area (Å²) in [6.45, 7) is 2.51. The van der Waals surface area contributed by atoms with Gasteiger partial charge in [-0.1, -0.05) is 6.07 Å². The van der Waals surface area contributed by atoms with Gasteiger partial charge in [-0.25, -0.2) is 4.39 Å². The van der Waals surface area contributed by atoms with Crippen molar-refractivity contribution in [2.24, 2.45) is 0 Å². The van der Waals surface area contributed by atoms with Gasteiger partial charge in [0.05, 0.1) is 6.61 Å². The molecule has 1 aliphatic carbocycles. The van der Waals surface area contributed by atoms with E-state index in [-0.39, 0.29) is 11.4 Å². The summed E-state index contributed by atoms with van der Waals surface area (Å²) in [5.74, 6) is -0.144. The topological polar surface area (TPSA) is 21.3 Å². The number of hydrogen-bond donors (Lipinski definition) is 1. The molecule has 0 radical (unpaired) electrons. The van der Waals surface area contributed by atoms with E-state index in [0.717, 1.165) is 38.1 Å². The monoisotopic (exact) mass is 207 g/mol. The highest BCUT2D eigenvalue weighted by atomic mass is 19.1. The largest absolute Gasteiger partial charge is 0.368 e. The molecule has 3 rings (SSSR count). The zero-order valence-corrected chi connectivity index (χ0v) is 8.55. The summed E-state index contributed by atoms with van der Waals surface area (Å²) < 4.78 is 19.0. The van der Waals surface area contributed by atoms with Crippen LogP contribution in [0.1, 0.15) is 17.5 Å². The van der Waals surface area contributed by atoms with Gasteiger partial charge in [0.1, 0.15) is 11.4 Å². The average molecular weight is 207 g/mol. The van der Waals surface area contributed by atoms with Crippen LogP contribution in [0.5, 0.6) is 0 Å². The van der Waals surface area contributed by atoms with E-state index in [2.05, 4.69) is 5.32 Å². The number of fused-ring (bicyclic) bond motifs is 2. The lowest BCUT2D eigenvalue weighted by Crippen LogP contribution is -2.46. The Morgan fingerprint density at radius 1 is 1.40 bits per heavy atom. The molecule has 1 atom stereocenters. The minimum atomic E-state index is -0.179.